The highest BCUT2D eigenvalue weighted by molar-refractivity contribution is 6.42. The summed E-state index contributed by atoms with van der Waals surface area (Å²) in [7, 11) is 0. The van der Waals surface area contributed by atoms with E-state index in [2.05, 4.69) is 42.5 Å². The van der Waals surface area contributed by atoms with E-state index in [9.17, 15) is 0 Å². The maximum Gasteiger partial charge on any atom is 0.0595 e. The summed E-state index contributed by atoms with van der Waals surface area (Å²) < 4.78 is 0. The second-order valence-corrected chi connectivity index (χ2v) is 5.31. The maximum atomic E-state index is 6.11. The standard InChI is InChI=1S/C16H12Cl2/c17-15-9-8-12(10-16(15)18)14-7-3-5-11-4-1-2-6-13(11)14/h1-6,8-10,14H,7H2/t14-/m1/s1. The van der Waals surface area contributed by atoms with E-state index in [1.54, 1.807) is 0 Å². The second kappa shape index (κ2) is 4.79. The molecule has 2 aromatic carbocycles. The number of allylic oxidation sites excluding steroid dienone is 1. The van der Waals surface area contributed by atoms with Gasteiger partial charge in [0.1, 0.15) is 0 Å². The molecule has 2 aromatic rings. The Bertz CT molecular complexity index is 614. The van der Waals surface area contributed by atoms with Gasteiger partial charge in [0.15, 0.2) is 0 Å². The molecule has 0 saturated carbocycles. The number of rotatable bonds is 1. The van der Waals surface area contributed by atoms with Crippen LogP contribution in [0, 0.1) is 0 Å². The Morgan fingerprint density at radius 2 is 1.78 bits per heavy atom. The Morgan fingerprint density at radius 3 is 2.61 bits per heavy atom. The van der Waals surface area contributed by atoms with Gasteiger partial charge in [-0.25, -0.2) is 0 Å². The van der Waals surface area contributed by atoms with Crippen molar-refractivity contribution in [3.8, 4) is 0 Å². The third kappa shape index (κ3) is 2.07. The van der Waals surface area contributed by atoms with E-state index in [1.165, 1.54) is 16.7 Å². The summed E-state index contributed by atoms with van der Waals surface area (Å²) in [5.41, 5.74) is 3.87. The summed E-state index contributed by atoms with van der Waals surface area (Å²) in [6, 6.07) is 14.4. The predicted octanol–water partition coefficient (Wildman–Crippen LogP) is 5.54. The highest BCUT2D eigenvalue weighted by Gasteiger charge is 2.18. The number of fused-ring (bicyclic) bond motifs is 1. The highest BCUT2D eigenvalue weighted by Crippen LogP contribution is 2.37. The molecule has 2 heteroatoms. The van der Waals surface area contributed by atoms with E-state index >= 15 is 0 Å². The Kier molecular flexibility index (Phi) is 3.15. The molecule has 0 aliphatic heterocycles. The minimum absolute atomic E-state index is 0.376. The monoisotopic (exact) mass is 274 g/mol. The van der Waals surface area contributed by atoms with Gasteiger partial charge in [-0.05, 0) is 35.2 Å². The summed E-state index contributed by atoms with van der Waals surface area (Å²) >= 11 is 12.1. The van der Waals surface area contributed by atoms with Crippen molar-refractivity contribution in [2.75, 3.05) is 0 Å². The van der Waals surface area contributed by atoms with Crippen LogP contribution in [0.2, 0.25) is 10.0 Å². The van der Waals surface area contributed by atoms with Gasteiger partial charge in [-0.15, -0.1) is 0 Å². The van der Waals surface area contributed by atoms with Crippen molar-refractivity contribution in [2.24, 2.45) is 0 Å². The Hall–Kier alpha value is -1.24. The van der Waals surface area contributed by atoms with Crippen LogP contribution in [0.5, 0.6) is 0 Å². The van der Waals surface area contributed by atoms with Gasteiger partial charge in [0.05, 0.1) is 10.0 Å². The van der Waals surface area contributed by atoms with E-state index in [0.29, 0.717) is 16.0 Å². The quantitative estimate of drug-likeness (QED) is 0.640. The van der Waals surface area contributed by atoms with E-state index in [4.69, 9.17) is 23.2 Å². The fraction of sp³-hybridized carbons (Fsp3) is 0.125. The zero-order valence-corrected chi connectivity index (χ0v) is 11.2. The first-order valence-electron chi connectivity index (χ1n) is 5.96. The van der Waals surface area contributed by atoms with Crippen LogP contribution in [0.3, 0.4) is 0 Å². The lowest BCUT2D eigenvalue weighted by atomic mass is 9.82. The van der Waals surface area contributed by atoms with Crippen molar-refractivity contribution in [2.45, 2.75) is 12.3 Å². The molecule has 0 radical (unpaired) electrons. The van der Waals surface area contributed by atoms with Gasteiger partial charge in [0.25, 0.3) is 0 Å². The highest BCUT2D eigenvalue weighted by atomic mass is 35.5. The van der Waals surface area contributed by atoms with Crippen LogP contribution in [0.15, 0.2) is 48.5 Å². The van der Waals surface area contributed by atoms with Gasteiger partial charge in [-0.3, -0.25) is 0 Å². The number of hydrogen-bond acceptors (Lipinski definition) is 0. The topological polar surface area (TPSA) is 0 Å². The molecular formula is C16H12Cl2. The predicted molar refractivity (Wildman–Crippen MR) is 78.4 cm³/mol. The van der Waals surface area contributed by atoms with Gasteiger partial charge < -0.3 is 0 Å². The van der Waals surface area contributed by atoms with Crippen LogP contribution in [-0.2, 0) is 0 Å². The van der Waals surface area contributed by atoms with Crippen molar-refractivity contribution in [3.05, 3.63) is 75.3 Å². The molecule has 0 amide bonds. The van der Waals surface area contributed by atoms with Crippen molar-refractivity contribution >= 4 is 29.3 Å². The van der Waals surface area contributed by atoms with Crippen molar-refractivity contribution in [1.29, 1.82) is 0 Å². The zero-order valence-electron chi connectivity index (χ0n) is 9.74. The Balaban J connectivity index is 2.08. The SMILES string of the molecule is Clc1ccc([C@H]2CC=Cc3ccccc32)cc1Cl. The summed E-state index contributed by atoms with van der Waals surface area (Å²) in [5, 5.41) is 1.24. The van der Waals surface area contributed by atoms with E-state index in [-0.39, 0.29) is 0 Å². The van der Waals surface area contributed by atoms with Crippen LogP contribution in [0.1, 0.15) is 29.0 Å². The molecule has 0 heterocycles. The van der Waals surface area contributed by atoms with Crippen molar-refractivity contribution < 1.29 is 0 Å². The van der Waals surface area contributed by atoms with Gasteiger partial charge in [0, 0.05) is 5.92 Å². The molecule has 1 aliphatic carbocycles. The van der Waals surface area contributed by atoms with Crippen LogP contribution >= 0.6 is 23.2 Å². The largest absolute Gasteiger partial charge is 0.0830 e. The first-order chi connectivity index (χ1) is 8.75. The van der Waals surface area contributed by atoms with E-state index in [1.807, 2.05) is 12.1 Å². The molecule has 18 heavy (non-hydrogen) atoms. The molecule has 1 atom stereocenters. The molecule has 90 valence electrons. The van der Waals surface area contributed by atoms with E-state index < -0.39 is 0 Å². The third-order valence-corrected chi connectivity index (χ3v) is 4.13. The zero-order chi connectivity index (χ0) is 12.5. The molecule has 1 aliphatic rings. The molecule has 0 unspecified atom stereocenters. The molecule has 0 fully saturated rings. The molecule has 0 bridgehead atoms. The maximum absolute atomic E-state index is 6.11. The smallest absolute Gasteiger partial charge is 0.0595 e. The summed E-state index contributed by atoms with van der Waals surface area (Å²) in [6.45, 7) is 0. The van der Waals surface area contributed by atoms with Crippen molar-refractivity contribution in [3.63, 3.8) is 0 Å². The summed E-state index contributed by atoms with van der Waals surface area (Å²) in [6.07, 6.45) is 5.41. The molecule has 0 N–H and O–H groups in total. The van der Waals surface area contributed by atoms with Crippen LogP contribution in [-0.4, -0.2) is 0 Å². The van der Waals surface area contributed by atoms with Crippen LogP contribution in [0.25, 0.3) is 6.08 Å². The number of hydrogen-bond donors (Lipinski definition) is 0. The normalized spacial score (nSPS) is 17.6. The fourth-order valence-electron chi connectivity index (χ4n) is 2.48. The lowest BCUT2D eigenvalue weighted by Crippen LogP contribution is -2.05. The van der Waals surface area contributed by atoms with E-state index in [0.717, 1.165) is 6.42 Å². The van der Waals surface area contributed by atoms with Crippen LogP contribution in [0.4, 0.5) is 0 Å². The van der Waals surface area contributed by atoms with Gasteiger partial charge in [0.2, 0.25) is 0 Å². The molecule has 3 rings (SSSR count). The van der Waals surface area contributed by atoms with Gasteiger partial charge in [-0.2, -0.15) is 0 Å². The summed E-state index contributed by atoms with van der Waals surface area (Å²) in [5.74, 6) is 0.376. The second-order valence-electron chi connectivity index (χ2n) is 4.49. The number of halogens is 2. The molecule has 0 spiro atoms. The summed E-state index contributed by atoms with van der Waals surface area (Å²) in [4.78, 5) is 0. The van der Waals surface area contributed by atoms with Crippen LogP contribution < -0.4 is 0 Å². The first-order valence-corrected chi connectivity index (χ1v) is 6.72. The molecule has 0 aromatic heterocycles. The fourth-order valence-corrected chi connectivity index (χ4v) is 2.79. The minimum Gasteiger partial charge on any atom is -0.0830 e. The van der Waals surface area contributed by atoms with Gasteiger partial charge >= 0.3 is 0 Å². The molecule has 0 nitrogen and oxygen atoms in total. The first kappa shape index (κ1) is 11.8. The number of benzene rings is 2. The average molecular weight is 275 g/mol. The van der Waals surface area contributed by atoms with Crippen molar-refractivity contribution in [1.82, 2.24) is 0 Å². The van der Waals surface area contributed by atoms with Gasteiger partial charge in [-0.1, -0.05) is 65.7 Å². The molecule has 0 saturated heterocycles. The lowest BCUT2D eigenvalue weighted by molar-refractivity contribution is 0.819. The Morgan fingerprint density at radius 1 is 0.944 bits per heavy atom. The lowest BCUT2D eigenvalue weighted by Gasteiger charge is -2.22. The average Bonchev–Trinajstić information content (AvgIpc) is 2.41. The Labute approximate surface area is 117 Å². The molecular weight excluding hydrogens is 263 g/mol. The minimum atomic E-state index is 0.376. The third-order valence-electron chi connectivity index (χ3n) is 3.39.